The Labute approximate surface area is 136 Å². The largest absolute Gasteiger partial charge is 0.387 e. The summed E-state index contributed by atoms with van der Waals surface area (Å²) in [6.07, 6.45) is -1.08. The lowest BCUT2D eigenvalue weighted by molar-refractivity contribution is 0.201. The van der Waals surface area contributed by atoms with Gasteiger partial charge in [-0.05, 0) is 42.7 Å². The van der Waals surface area contributed by atoms with Gasteiger partial charge in [-0.25, -0.2) is 8.42 Å². The summed E-state index contributed by atoms with van der Waals surface area (Å²) in [5.41, 5.74) is 3.24. The number of sulfone groups is 1. The number of benzene rings is 2. The van der Waals surface area contributed by atoms with E-state index in [1.165, 1.54) is 0 Å². The van der Waals surface area contributed by atoms with E-state index in [2.05, 4.69) is 0 Å². The van der Waals surface area contributed by atoms with E-state index in [0.717, 1.165) is 16.7 Å². The van der Waals surface area contributed by atoms with Crippen molar-refractivity contribution in [2.24, 2.45) is 0 Å². The van der Waals surface area contributed by atoms with Crippen LogP contribution in [0.2, 0.25) is 5.02 Å². The topological polar surface area (TPSA) is 54.4 Å². The summed E-state index contributed by atoms with van der Waals surface area (Å²) in [6.45, 7) is 3.81. The third kappa shape index (κ3) is 4.57. The molecule has 0 spiro atoms. The number of aliphatic hydroxyl groups excluding tert-OH is 1. The van der Waals surface area contributed by atoms with E-state index >= 15 is 0 Å². The normalized spacial score (nSPS) is 13.1. The Balaban J connectivity index is 2.15. The monoisotopic (exact) mass is 338 g/mol. The van der Waals surface area contributed by atoms with Crippen molar-refractivity contribution in [2.75, 3.05) is 5.75 Å². The van der Waals surface area contributed by atoms with Crippen molar-refractivity contribution in [1.29, 1.82) is 0 Å². The number of aliphatic hydroxyl groups is 1. The molecule has 22 heavy (non-hydrogen) atoms. The summed E-state index contributed by atoms with van der Waals surface area (Å²) in [7, 11) is -3.43. The van der Waals surface area contributed by atoms with Crippen LogP contribution in [0.15, 0.2) is 42.5 Å². The van der Waals surface area contributed by atoms with E-state index in [1.807, 2.05) is 32.0 Å². The maximum absolute atomic E-state index is 12.3. The summed E-state index contributed by atoms with van der Waals surface area (Å²) in [4.78, 5) is 0. The van der Waals surface area contributed by atoms with Gasteiger partial charge in [-0.15, -0.1) is 0 Å². The van der Waals surface area contributed by atoms with Gasteiger partial charge in [0.2, 0.25) is 0 Å². The smallest absolute Gasteiger partial charge is 0.157 e. The minimum absolute atomic E-state index is 0.0713. The first kappa shape index (κ1) is 17.0. The molecular weight excluding hydrogens is 320 g/mol. The summed E-state index contributed by atoms with van der Waals surface area (Å²) in [6, 6.07) is 12.4. The van der Waals surface area contributed by atoms with E-state index in [4.69, 9.17) is 11.6 Å². The van der Waals surface area contributed by atoms with E-state index in [9.17, 15) is 13.5 Å². The lowest BCUT2D eigenvalue weighted by Crippen LogP contribution is -2.17. The van der Waals surface area contributed by atoms with E-state index in [1.54, 1.807) is 24.3 Å². The number of hydrogen-bond acceptors (Lipinski definition) is 3. The van der Waals surface area contributed by atoms with Crippen molar-refractivity contribution in [3.63, 3.8) is 0 Å². The molecule has 1 N–H and O–H groups in total. The average molecular weight is 339 g/mol. The molecule has 0 aromatic heterocycles. The third-order valence-electron chi connectivity index (χ3n) is 3.53. The van der Waals surface area contributed by atoms with Gasteiger partial charge in [0.25, 0.3) is 0 Å². The Morgan fingerprint density at radius 2 is 1.86 bits per heavy atom. The molecule has 2 aromatic carbocycles. The first-order valence-electron chi connectivity index (χ1n) is 6.97. The van der Waals surface area contributed by atoms with Gasteiger partial charge in [-0.1, -0.05) is 47.5 Å². The van der Waals surface area contributed by atoms with Gasteiger partial charge >= 0.3 is 0 Å². The molecule has 1 unspecified atom stereocenters. The number of aryl methyl sites for hydroxylation is 2. The standard InChI is InChI=1S/C17H19ClO3S/c1-12-6-7-13(2)15(8-12)10-22(20,21)11-17(19)14-4-3-5-16(18)9-14/h3-9,17,19H,10-11H2,1-2H3. The fourth-order valence-corrected chi connectivity index (χ4v) is 4.08. The molecule has 0 saturated heterocycles. The Bertz CT molecular complexity index is 769. The Morgan fingerprint density at radius 3 is 2.55 bits per heavy atom. The molecule has 0 amide bonds. The lowest BCUT2D eigenvalue weighted by Gasteiger charge is -2.13. The maximum Gasteiger partial charge on any atom is 0.157 e. The minimum Gasteiger partial charge on any atom is -0.387 e. The molecule has 0 heterocycles. The van der Waals surface area contributed by atoms with Gasteiger partial charge in [0.05, 0.1) is 17.6 Å². The molecule has 0 saturated carbocycles. The quantitative estimate of drug-likeness (QED) is 0.906. The molecule has 0 bridgehead atoms. The summed E-state index contributed by atoms with van der Waals surface area (Å²) in [5.74, 6) is -0.390. The highest BCUT2D eigenvalue weighted by Crippen LogP contribution is 2.21. The summed E-state index contributed by atoms with van der Waals surface area (Å²) >= 11 is 5.87. The SMILES string of the molecule is Cc1ccc(C)c(CS(=O)(=O)CC(O)c2cccc(Cl)c2)c1. The number of hydrogen-bond donors (Lipinski definition) is 1. The van der Waals surface area contributed by atoms with Gasteiger partial charge in [0, 0.05) is 5.02 Å². The molecule has 0 radical (unpaired) electrons. The van der Waals surface area contributed by atoms with E-state index in [0.29, 0.717) is 10.6 Å². The number of halogens is 1. The molecule has 5 heteroatoms. The maximum atomic E-state index is 12.3. The zero-order chi connectivity index (χ0) is 16.3. The predicted molar refractivity (Wildman–Crippen MR) is 89.8 cm³/mol. The van der Waals surface area contributed by atoms with Crippen molar-refractivity contribution < 1.29 is 13.5 Å². The van der Waals surface area contributed by atoms with Crippen LogP contribution in [-0.2, 0) is 15.6 Å². The van der Waals surface area contributed by atoms with Crippen molar-refractivity contribution in [3.8, 4) is 0 Å². The van der Waals surface area contributed by atoms with Crippen molar-refractivity contribution in [1.82, 2.24) is 0 Å². The van der Waals surface area contributed by atoms with Crippen LogP contribution in [0.3, 0.4) is 0 Å². The van der Waals surface area contributed by atoms with Crippen molar-refractivity contribution >= 4 is 21.4 Å². The predicted octanol–water partition coefficient (Wildman–Crippen LogP) is 3.61. The van der Waals surface area contributed by atoms with Gasteiger partial charge < -0.3 is 5.11 Å². The molecule has 2 aromatic rings. The average Bonchev–Trinajstić information content (AvgIpc) is 2.42. The highest BCUT2D eigenvalue weighted by atomic mass is 35.5. The fourth-order valence-electron chi connectivity index (χ4n) is 2.30. The second-order valence-corrected chi connectivity index (χ2v) is 8.10. The van der Waals surface area contributed by atoms with Crippen molar-refractivity contribution in [3.05, 3.63) is 69.7 Å². The Morgan fingerprint density at radius 1 is 1.14 bits per heavy atom. The van der Waals surface area contributed by atoms with Crippen LogP contribution < -0.4 is 0 Å². The molecule has 0 aliphatic heterocycles. The van der Waals surface area contributed by atoms with Crippen LogP contribution in [0.4, 0.5) is 0 Å². The molecule has 118 valence electrons. The first-order valence-corrected chi connectivity index (χ1v) is 9.17. The van der Waals surface area contributed by atoms with Crippen LogP contribution in [0, 0.1) is 13.8 Å². The van der Waals surface area contributed by atoms with Crippen LogP contribution in [0.25, 0.3) is 0 Å². The fraction of sp³-hybridized carbons (Fsp3) is 0.294. The summed E-state index contributed by atoms with van der Waals surface area (Å²) in [5, 5.41) is 10.6. The Hall–Kier alpha value is -1.36. The molecule has 0 fully saturated rings. The van der Waals surface area contributed by atoms with Crippen LogP contribution in [0.5, 0.6) is 0 Å². The van der Waals surface area contributed by atoms with Gasteiger partial charge in [0.1, 0.15) is 0 Å². The molecule has 2 rings (SSSR count). The first-order chi connectivity index (χ1) is 10.3. The van der Waals surface area contributed by atoms with Crippen LogP contribution in [0.1, 0.15) is 28.4 Å². The molecule has 1 atom stereocenters. The number of rotatable bonds is 5. The second kappa shape index (κ2) is 6.82. The zero-order valence-electron chi connectivity index (χ0n) is 12.6. The van der Waals surface area contributed by atoms with Gasteiger partial charge in [-0.2, -0.15) is 0 Å². The Kier molecular flexibility index (Phi) is 5.27. The van der Waals surface area contributed by atoms with Gasteiger partial charge in [0.15, 0.2) is 9.84 Å². The third-order valence-corrected chi connectivity index (χ3v) is 5.33. The zero-order valence-corrected chi connectivity index (χ0v) is 14.2. The van der Waals surface area contributed by atoms with E-state index < -0.39 is 15.9 Å². The molecule has 0 aliphatic carbocycles. The second-order valence-electron chi connectivity index (χ2n) is 5.56. The highest BCUT2D eigenvalue weighted by Gasteiger charge is 2.20. The van der Waals surface area contributed by atoms with Gasteiger partial charge in [-0.3, -0.25) is 0 Å². The van der Waals surface area contributed by atoms with Crippen LogP contribution >= 0.6 is 11.6 Å². The van der Waals surface area contributed by atoms with Crippen molar-refractivity contribution in [2.45, 2.75) is 25.7 Å². The lowest BCUT2D eigenvalue weighted by atomic mass is 10.1. The molecular formula is C17H19ClO3S. The van der Waals surface area contributed by atoms with Crippen LogP contribution in [-0.4, -0.2) is 19.3 Å². The molecule has 0 aliphatic rings. The minimum atomic E-state index is -3.43. The highest BCUT2D eigenvalue weighted by molar-refractivity contribution is 7.90. The molecule has 3 nitrogen and oxygen atoms in total. The van der Waals surface area contributed by atoms with E-state index in [-0.39, 0.29) is 11.5 Å². The summed E-state index contributed by atoms with van der Waals surface area (Å²) < 4.78 is 24.7.